The Morgan fingerprint density at radius 1 is 0.417 bits per heavy atom. The number of nitrogens with zero attached hydrogens (tertiary/aromatic N) is 1. The number of rotatable bonds is 6. The van der Waals surface area contributed by atoms with Crippen LogP contribution in [0.15, 0.2) is 192 Å². The molecule has 8 aromatic carbocycles. The zero-order chi connectivity index (χ0) is 51.0. The first-order valence-corrected chi connectivity index (χ1v) is 14.6. The van der Waals surface area contributed by atoms with E-state index in [4.69, 9.17) is 20.9 Å². The Balaban J connectivity index is 1.46. The van der Waals surface area contributed by atoms with E-state index in [-0.39, 0.29) is 11.1 Å². The van der Waals surface area contributed by atoms with Crippen molar-refractivity contribution in [1.29, 1.82) is 0 Å². The molecule has 0 N–H and O–H groups in total. The summed E-state index contributed by atoms with van der Waals surface area (Å²) in [5.41, 5.74) is -3.65. The van der Waals surface area contributed by atoms with Crippen molar-refractivity contribution >= 4 is 49.8 Å². The van der Waals surface area contributed by atoms with Crippen molar-refractivity contribution in [2.24, 2.45) is 0 Å². The molecule has 226 valence electrons. The summed E-state index contributed by atoms with van der Waals surface area (Å²) in [7, 11) is 0. The first-order valence-electron chi connectivity index (χ1n) is 25.6. The molecule has 0 saturated carbocycles. The molecule has 1 aromatic heterocycles. The molecule has 1 heterocycles. The van der Waals surface area contributed by atoms with Crippen LogP contribution in [0.5, 0.6) is 0 Å². The van der Waals surface area contributed by atoms with E-state index in [9.17, 15) is 13.7 Å². The fourth-order valence-electron chi connectivity index (χ4n) is 5.39. The molecule has 0 saturated heterocycles. The summed E-state index contributed by atoms with van der Waals surface area (Å²) in [4.78, 5) is 0.611. The van der Waals surface area contributed by atoms with Crippen LogP contribution in [0.4, 0.5) is 17.1 Å². The normalized spacial score (nSPS) is 17.8. The molecule has 2 heteroatoms. The number of fused-ring (bicyclic) bond motifs is 5. The summed E-state index contributed by atoms with van der Waals surface area (Å²) >= 11 is 0. The van der Waals surface area contributed by atoms with Crippen molar-refractivity contribution in [2.75, 3.05) is 4.90 Å². The molecular formula is C46H31NO. The van der Waals surface area contributed by atoms with Crippen LogP contribution in [0.1, 0.15) is 30.2 Å². The predicted molar refractivity (Wildman–Crippen MR) is 202 cm³/mol. The zero-order valence-electron chi connectivity index (χ0n) is 46.6. The fraction of sp³-hybridized carbons (Fsp3) is 0. The van der Waals surface area contributed by atoms with Gasteiger partial charge in [0.05, 0.1) is 41.2 Å². The Labute approximate surface area is 310 Å². The van der Waals surface area contributed by atoms with Crippen LogP contribution in [0.2, 0.25) is 0 Å². The van der Waals surface area contributed by atoms with Gasteiger partial charge in [0, 0.05) is 22.1 Å². The predicted octanol–water partition coefficient (Wildman–Crippen LogP) is 13.2. The smallest absolute Gasteiger partial charge is 0.143 e. The van der Waals surface area contributed by atoms with Gasteiger partial charge < -0.3 is 9.32 Å². The van der Waals surface area contributed by atoms with Gasteiger partial charge in [-0.05, 0) is 81.1 Å². The topological polar surface area (TPSA) is 16.4 Å². The van der Waals surface area contributed by atoms with E-state index in [2.05, 4.69) is 0 Å². The maximum absolute atomic E-state index is 9.58. The van der Waals surface area contributed by atoms with Crippen LogP contribution in [0.3, 0.4) is 0 Å². The van der Waals surface area contributed by atoms with Crippen LogP contribution in [0.25, 0.3) is 66.1 Å². The van der Waals surface area contributed by atoms with Crippen LogP contribution in [-0.2, 0) is 0 Å². The number of anilines is 3. The van der Waals surface area contributed by atoms with Gasteiger partial charge in [0.15, 0.2) is 0 Å². The lowest BCUT2D eigenvalue weighted by Gasteiger charge is -2.26. The molecule has 9 aromatic rings. The van der Waals surface area contributed by atoms with E-state index in [1.54, 1.807) is 24.3 Å². The van der Waals surface area contributed by atoms with Gasteiger partial charge in [-0.2, -0.15) is 0 Å². The maximum atomic E-state index is 9.58. The monoisotopic (exact) mass is 635 g/mol. The van der Waals surface area contributed by atoms with E-state index < -0.39 is 194 Å². The molecule has 0 aliphatic carbocycles. The summed E-state index contributed by atoms with van der Waals surface area (Å²) in [6.45, 7) is 0. The molecule has 9 rings (SSSR count). The quantitative estimate of drug-likeness (QED) is 0.181. The third-order valence-electron chi connectivity index (χ3n) is 7.65. The minimum absolute atomic E-state index is 0.219. The summed E-state index contributed by atoms with van der Waals surface area (Å²) in [5.74, 6) is 0. The van der Waals surface area contributed by atoms with Gasteiger partial charge in [-0.3, -0.25) is 0 Å². The number of hydrogen-bond donors (Lipinski definition) is 0. The maximum Gasteiger partial charge on any atom is 0.143 e. The van der Waals surface area contributed by atoms with Crippen molar-refractivity contribution in [3.63, 3.8) is 0 Å². The van der Waals surface area contributed by atoms with Crippen LogP contribution in [-0.4, -0.2) is 0 Å². The van der Waals surface area contributed by atoms with E-state index in [0.717, 1.165) is 11.1 Å². The molecule has 0 aliphatic heterocycles. The van der Waals surface area contributed by atoms with Gasteiger partial charge in [-0.15, -0.1) is 0 Å². The number of hydrogen-bond acceptors (Lipinski definition) is 2. The Hall–Kier alpha value is -6.38. The molecule has 0 atom stereocenters. The van der Waals surface area contributed by atoms with Gasteiger partial charge in [-0.1, -0.05) is 145 Å². The second kappa shape index (κ2) is 11.8. The second-order valence-corrected chi connectivity index (χ2v) is 10.5. The van der Waals surface area contributed by atoms with Crippen molar-refractivity contribution in [3.05, 3.63) is 188 Å². The Bertz CT molecular complexity index is 3710. The zero-order valence-corrected chi connectivity index (χ0v) is 24.6. The van der Waals surface area contributed by atoms with E-state index >= 15 is 0 Å². The third kappa shape index (κ3) is 4.92. The Morgan fingerprint density at radius 3 is 1.71 bits per heavy atom. The first-order chi connectivity index (χ1) is 33.0. The summed E-state index contributed by atoms with van der Waals surface area (Å²) in [6, 6.07) is -3.30. The highest BCUT2D eigenvalue weighted by Crippen LogP contribution is 2.44. The Morgan fingerprint density at radius 2 is 1.00 bits per heavy atom. The molecule has 0 spiro atoms. The van der Waals surface area contributed by atoms with Crippen LogP contribution in [0, 0.1) is 0 Å². The molecule has 0 unspecified atom stereocenters. The first kappa shape index (κ1) is 13.4. The third-order valence-corrected chi connectivity index (χ3v) is 7.65. The minimum atomic E-state index is -1.09. The fourth-order valence-corrected chi connectivity index (χ4v) is 5.39. The molecule has 0 fully saturated rings. The SMILES string of the molecule is [2H]c1c([2H])c([2H])c(-c2c([2H])c([2H])c(N(c3c([2H])c([2H])c(-c4ccc(-c5ccccc5)cc4)c([2H])c3[2H])c3c([2H])c([2H])c([2H])c4oc5c6c([2H])c([2H])c([2H])c([2H])c6c([2H])c([2H])c5c34)c([2H])c2[2H])c([2H])c1[2H]. The molecule has 48 heavy (non-hydrogen) atoms. The highest BCUT2D eigenvalue weighted by molar-refractivity contribution is 6.19. The average molecular weight is 636 g/mol. The second-order valence-electron chi connectivity index (χ2n) is 10.5. The number of benzene rings is 8. The largest absolute Gasteiger partial charge is 0.455 e. The van der Waals surface area contributed by atoms with E-state index in [0.29, 0.717) is 4.90 Å². The van der Waals surface area contributed by atoms with Crippen LogP contribution < -0.4 is 4.90 Å². The standard InChI is InChI=1S/C46H31NO/c1-3-10-32(11-4-1)34-18-20-35(21-19-34)37-24-29-40(30-25-37)47(39-27-22-36(23-28-39)33-12-5-2-6-13-33)43-16-9-17-44-45(43)42-31-26-38-14-7-8-15-41(38)46(42)48-44/h1-31H/i2D,5D,6D,7D,8D,9D,12D,13D,14D,15D,16D,17D,22D,23D,24D,25D,26D,27D,28D,29D,30D,31D. The highest BCUT2D eigenvalue weighted by atomic mass is 16.3. The average Bonchev–Trinajstić information content (AvgIpc) is 3.75. The van der Waals surface area contributed by atoms with Gasteiger partial charge in [0.2, 0.25) is 0 Å². The minimum Gasteiger partial charge on any atom is -0.455 e. The Kier molecular flexibility index (Phi) is 3.28. The van der Waals surface area contributed by atoms with Gasteiger partial charge in [-0.25, -0.2) is 0 Å². The molecule has 0 amide bonds. The highest BCUT2D eigenvalue weighted by Gasteiger charge is 2.20. The van der Waals surface area contributed by atoms with Crippen molar-refractivity contribution in [1.82, 2.24) is 0 Å². The lowest BCUT2D eigenvalue weighted by molar-refractivity contribution is 0.672. The summed E-state index contributed by atoms with van der Waals surface area (Å²) in [5, 5.41) is -1.96. The van der Waals surface area contributed by atoms with Crippen molar-refractivity contribution < 1.29 is 34.6 Å². The van der Waals surface area contributed by atoms with Gasteiger partial charge in [0.25, 0.3) is 0 Å². The van der Waals surface area contributed by atoms with Crippen molar-refractivity contribution in [3.8, 4) is 33.4 Å². The van der Waals surface area contributed by atoms with Crippen molar-refractivity contribution in [2.45, 2.75) is 0 Å². The van der Waals surface area contributed by atoms with E-state index in [1.165, 1.54) is 0 Å². The lowest BCUT2D eigenvalue weighted by atomic mass is 9.99. The molecule has 0 radical (unpaired) electrons. The molecule has 0 bridgehead atoms. The van der Waals surface area contributed by atoms with E-state index in [1.807, 2.05) is 30.3 Å². The summed E-state index contributed by atoms with van der Waals surface area (Å²) in [6.07, 6.45) is 0. The van der Waals surface area contributed by atoms with Crippen LogP contribution >= 0.6 is 0 Å². The molecular weight excluding hydrogens is 583 g/mol. The molecule has 0 aliphatic rings. The number of furan rings is 1. The molecule has 2 nitrogen and oxygen atoms in total. The summed E-state index contributed by atoms with van der Waals surface area (Å²) < 4.78 is 203. The lowest BCUT2D eigenvalue weighted by Crippen LogP contribution is -2.10. The van der Waals surface area contributed by atoms with Gasteiger partial charge >= 0.3 is 0 Å². The van der Waals surface area contributed by atoms with Gasteiger partial charge in [0.1, 0.15) is 11.2 Å².